The van der Waals surface area contributed by atoms with E-state index in [9.17, 15) is 9.50 Å². The molecule has 1 aliphatic carbocycles. The Bertz CT molecular complexity index is 685. The number of aliphatic hydroxyl groups is 1. The molecule has 1 atom stereocenters. The van der Waals surface area contributed by atoms with Gasteiger partial charge in [0.15, 0.2) is 0 Å². The molecule has 0 saturated heterocycles. The van der Waals surface area contributed by atoms with E-state index < -0.39 is 11.4 Å². The summed E-state index contributed by atoms with van der Waals surface area (Å²) in [6.07, 6.45) is 5.36. The van der Waals surface area contributed by atoms with Gasteiger partial charge in [0.05, 0.1) is 36.4 Å². The number of halogens is 1. The minimum absolute atomic E-state index is 0.152. The first-order chi connectivity index (χ1) is 11.2. The number of nitrogens with two attached hydrogens (primary N) is 2. The van der Waals surface area contributed by atoms with Crippen molar-refractivity contribution in [1.29, 1.82) is 0 Å². The SMILES string of the molecule is CC(C)(O)CN1CN2C=NC(N)=C(C2)C(C2C=C(F)C(N)=CC2)=N1. The first kappa shape index (κ1) is 16.5. The summed E-state index contributed by atoms with van der Waals surface area (Å²) in [7, 11) is 0. The molecule has 0 aromatic carbocycles. The number of fused-ring (bicyclic) bond motifs is 2. The summed E-state index contributed by atoms with van der Waals surface area (Å²) in [6, 6.07) is 0. The number of rotatable bonds is 3. The largest absolute Gasteiger partial charge is 0.397 e. The second kappa shape index (κ2) is 5.94. The van der Waals surface area contributed by atoms with Gasteiger partial charge in [-0.1, -0.05) is 6.08 Å². The second-order valence-electron chi connectivity index (χ2n) is 6.98. The minimum Gasteiger partial charge on any atom is -0.397 e. The lowest BCUT2D eigenvalue weighted by Gasteiger charge is -2.29. The Morgan fingerprint density at radius 2 is 2.17 bits per heavy atom. The Hall–Kier alpha value is -2.35. The average molecular weight is 334 g/mol. The van der Waals surface area contributed by atoms with Crippen molar-refractivity contribution in [2.45, 2.75) is 25.9 Å². The number of hydrogen-bond acceptors (Lipinski definition) is 7. The molecule has 5 N–H and O–H groups in total. The maximum Gasteiger partial charge on any atom is 0.142 e. The average Bonchev–Trinajstić information content (AvgIpc) is 2.62. The quantitative estimate of drug-likeness (QED) is 0.702. The molecule has 1 unspecified atom stereocenters. The van der Waals surface area contributed by atoms with Gasteiger partial charge in [-0.25, -0.2) is 9.38 Å². The fourth-order valence-corrected chi connectivity index (χ4v) is 3.01. The van der Waals surface area contributed by atoms with Crippen LogP contribution in [-0.2, 0) is 0 Å². The van der Waals surface area contributed by atoms with Crippen LogP contribution in [0.5, 0.6) is 0 Å². The Morgan fingerprint density at radius 1 is 1.42 bits per heavy atom. The number of β-amino-alcohol motifs (C(OH)–C–C–N with tert-alkyl or cyclic N) is 1. The molecule has 0 spiro atoms. The molecular formula is C16H23FN6O. The van der Waals surface area contributed by atoms with Gasteiger partial charge < -0.3 is 21.5 Å². The van der Waals surface area contributed by atoms with Gasteiger partial charge in [0.1, 0.15) is 18.3 Å². The normalized spacial score (nSPS) is 24.5. The van der Waals surface area contributed by atoms with Gasteiger partial charge in [-0.3, -0.25) is 5.01 Å². The maximum atomic E-state index is 13.9. The zero-order valence-corrected chi connectivity index (χ0v) is 13.9. The Kier molecular flexibility index (Phi) is 4.08. The molecule has 2 heterocycles. The molecule has 3 rings (SSSR count). The number of nitrogens with zero attached hydrogens (tertiary/aromatic N) is 4. The molecule has 0 amide bonds. The summed E-state index contributed by atoms with van der Waals surface area (Å²) < 4.78 is 13.9. The molecule has 0 aromatic rings. The van der Waals surface area contributed by atoms with Gasteiger partial charge in [0.2, 0.25) is 0 Å². The molecule has 8 heteroatoms. The van der Waals surface area contributed by atoms with Crippen LogP contribution in [0.1, 0.15) is 20.3 Å². The first-order valence-electron chi connectivity index (χ1n) is 7.89. The van der Waals surface area contributed by atoms with Crippen molar-refractivity contribution < 1.29 is 9.50 Å². The van der Waals surface area contributed by atoms with Crippen molar-refractivity contribution in [1.82, 2.24) is 9.91 Å². The monoisotopic (exact) mass is 334 g/mol. The summed E-state index contributed by atoms with van der Waals surface area (Å²) in [5.74, 6) is -0.308. The molecule has 3 aliphatic rings. The standard InChI is InChI=1S/C16H23FN6O/c1-16(2,24)7-23-9-22-6-11(15(19)20-8-22)14(21-23)10-3-4-13(18)12(17)5-10/h4-5,8,10,24H,3,6-7,9,18-19H2,1-2H3. The van der Waals surface area contributed by atoms with Crippen LogP contribution in [0.2, 0.25) is 0 Å². The molecule has 0 radical (unpaired) electrons. The third kappa shape index (κ3) is 3.43. The second-order valence-corrected chi connectivity index (χ2v) is 6.98. The molecule has 0 saturated carbocycles. The third-order valence-electron chi connectivity index (χ3n) is 4.07. The van der Waals surface area contributed by atoms with E-state index in [0.717, 1.165) is 5.57 Å². The van der Waals surface area contributed by atoms with E-state index in [1.54, 1.807) is 31.3 Å². The van der Waals surface area contributed by atoms with Crippen LogP contribution in [-0.4, -0.2) is 52.4 Å². The highest BCUT2D eigenvalue weighted by Gasteiger charge is 2.31. The maximum absolute atomic E-state index is 13.9. The first-order valence-corrected chi connectivity index (χ1v) is 7.89. The molecule has 2 bridgehead atoms. The lowest BCUT2D eigenvalue weighted by molar-refractivity contribution is 0.0273. The number of hydrazone groups is 1. The van der Waals surface area contributed by atoms with Crippen molar-refractivity contribution in [3.63, 3.8) is 0 Å². The minimum atomic E-state index is -0.913. The van der Waals surface area contributed by atoms with Crippen LogP contribution >= 0.6 is 0 Å². The van der Waals surface area contributed by atoms with Crippen molar-refractivity contribution in [2.75, 3.05) is 19.8 Å². The third-order valence-corrected chi connectivity index (χ3v) is 4.07. The molecule has 130 valence electrons. The highest BCUT2D eigenvalue weighted by atomic mass is 19.1. The van der Waals surface area contributed by atoms with Crippen molar-refractivity contribution in [3.8, 4) is 0 Å². The van der Waals surface area contributed by atoms with Gasteiger partial charge in [-0.2, -0.15) is 5.10 Å². The summed E-state index contributed by atoms with van der Waals surface area (Å²) in [6.45, 7) is 4.82. The van der Waals surface area contributed by atoms with Crippen molar-refractivity contribution >= 4 is 12.1 Å². The van der Waals surface area contributed by atoms with Crippen LogP contribution in [0, 0.1) is 5.92 Å². The fraction of sp³-hybridized carbons (Fsp3) is 0.500. The van der Waals surface area contributed by atoms with E-state index >= 15 is 0 Å². The Balaban J connectivity index is 1.99. The zero-order valence-electron chi connectivity index (χ0n) is 13.9. The van der Waals surface area contributed by atoms with E-state index in [0.29, 0.717) is 37.7 Å². The predicted molar refractivity (Wildman–Crippen MR) is 91.3 cm³/mol. The molecule has 2 aliphatic heterocycles. The molecular weight excluding hydrogens is 311 g/mol. The van der Waals surface area contributed by atoms with Crippen molar-refractivity contribution in [2.24, 2.45) is 27.5 Å². The van der Waals surface area contributed by atoms with E-state index in [-0.39, 0.29) is 11.6 Å². The summed E-state index contributed by atoms with van der Waals surface area (Å²) in [5.41, 5.74) is 12.3. The van der Waals surface area contributed by atoms with Crippen LogP contribution in [0.15, 0.2) is 45.2 Å². The summed E-state index contributed by atoms with van der Waals surface area (Å²) >= 11 is 0. The van der Waals surface area contributed by atoms with Crippen molar-refractivity contribution in [3.05, 3.63) is 35.1 Å². The summed E-state index contributed by atoms with van der Waals surface area (Å²) in [4.78, 5) is 6.18. The lowest BCUT2D eigenvalue weighted by atomic mass is 9.89. The predicted octanol–water partition coefficient (Wildman–Crippen LogP) is 0.617. The van der Waals surface area contributed by atoms with E-state index in [4.69, 9.17) is 11.5 Å². The van der Waals surface area contributed by atoms with Crippen LogP contribution in [0.25, 0.3) is 0 Å². The smallest absolute Gasteiger partial charge is 0.142 e. The van der Waals surface area contributed by atoms with Gasteiger partial charge in [-0.15, -0.1) is 0 Å². The topological polar surface area (TPSA) is 103 Å². The van der Waals surface area contributed by atoms with Gasteiger partial charge in [0, 0.05) is 11.5 Å². The Morgan fingerprint density at radius 3 is 2.83 bits per heavy atom. The van der Waals surface area contributed by atoms with Crippen LogP contribution < -0.4 is 11.5 Å². The van der Waals surface area contributed by atoms with Crippen LogP contribution in [0.4, 0.5) is 4.39 Å². The Labute approximate surface area is 140 Å². The lowest BCUT2D eigenvalue weighted by Crippen LogP contribution is -2.41. The van der Waals surface area contributed by atoms with Gasteiger partial charge in [-0.05, 0) is 26.3 Å². The van der Waals surface area contributed by atoms with E-state index in [2.05, 4.69) is 10.1 Å². The molecule has 7 nitrogen and oxygen atoms in total. The highest BCUT2D eigenvalue weighted by molar-refractivity contribution is 6.04. The van der Waals surface area contributed by atoms with E-state index in [1.807, 2.05) is 4.90 Å². The molecule has 24 heavy (non-hydrogen) atoms. The molecule has 0 fully saturated rings. The highest BCUT2D eigenvalue weighted by Crippen LogP contribution is 2.28. The molecule has 0 aromatic heterocycles. The van der Waals surface area contributed by atoms with E-state index in [1.165, 1.54) is 6.08 Å². The van der Waals surface area contributed by atoms with Gasteiger partial charge in [0.25, 0.3) is 0 Å². The number of allylic oxidation sites excluding steroid dienone is 3. The van der Waals surface area contributed by atoms with Crippen LogP contribution in [0.3, 0.4) is 0 Å². The zero-order chi connectivity index (χ0) is 17.5. The number of hydrogen-bond donors (Lipinski definition) is 3. The fourth-order valence-electron chi connectivity index (χ4n) is 3.01. The summed E-state index contributed by atoms with van der Waals surface area (Å²) in [5, 5.41) is 16.6. The number of aliphatic imine (C=N–C) groups is 1. The van der Waals surface area contributed by atoms with Gasteiger partial charge >= 0.3 is 0 Å².